The number of amides is 1. The molecular weight excluding hydrogens is 428 g/mol. The minimum absolute atomic E-state index is 0.0133. The summed E-state index contributed by atoms with van der Waals surface area (Å²) in [6, 6.07) is 17.2. The molecule has 6 heteroatoms. The van der Waals surface area contributed by atoms with Crippen LogP contribution < -0.4 is 10.1 Å². The van der Waals surface area contributed by atoms with Crippen molar-refractivity contribution in [3.05, 3.63) is 78.4 Å². The number of nitrogens with one attached hydrogen (secondary N) is 1. The van der Waals surface area contributed by atoms with Crippen LogP contribution in [-0.4, -0.2) is 55.2 Å². The molecule has 4 rings (SSSR count). The van der Waals surface area contributed by atoms with Crippen LogP contribution >= 0.6 is 0 Å². The molecule has 6 nitrogen and oxygen atoms in total. The number of piperidine rings is 1. The molecule has 2 fully saturated rings. The van der Waals surface area contributed by atoms with Crippen LogP contribution in [0.15, 0.2) is 67.3 Å². The van der Waals surface area contributed by atoms with Gasteiger partial charge in [0.05, 0.1) is 5.60 Å². The van der Waals surface area contributed by atoms with Crippen LogP contribution in [0.3, 0.4) is 0 Å². The Balaban J connectivity index is 1.69. The number of carbonyl (C=O) groups is 2. The van der Waals surface area contributed by atoms with E-state index in [2.05, 4.69) is 22.9 Å². The predicted molar refractivity (Wildman–Crippen MR) is 132 cm³/mol. The summed E-state index contributed by atoms with van der Waals surface area (Å²) in [4.78, 5) is 27.0. The van der Waals surface area contributed by atoms with E-state index in [0.717, 1.165) is 50.9 Å². The number of rotatable bonds is 7. The van der Waals surface area contributed by atoms with Crippen molar-refractivity contribution in [1.82, 2.24) is 10.2 Å². The van der Waals surface area contributed by atoms with Gasteiger partial charge in [-0.3, -0.25) is 14.5 Å². The van der Waals surface area contributed by atoms with Gasteiger partial charge in [-0.25, -0.2) is 0 Å². The molecular formula is C28H34N2O4. The Kier molecular flexibility index (Phi) is 7.19. The first kappa shape index (κ1) is 24.2. The van der Waals surface area contributed by atoms with E-state index in [0.29, 0.717) is 11.3 Å². The molecule has 34 heavy (non-hydrogen) atoms. The minimum atomic E-state index is -0.420. The summed E-state index contributed by atoms with van der Waals surface area (Å²) in [5.41, 5.74) is 1.00. The minimum Gasteiger partial charge on any atom is -0.427 e. The number of esters is 1. The van der Waals surface area contributed by atoms with Crippen LogP contribution in [0.2, 0.25) is 0 Å². The molecule has 1 aliphatic heterocycles. The molecule has 0 bridgehead atoms. The highest BCUT2D eigenvalue weighted by molar-refractivity contribution is 5.94. The maximum absolute atomic E-state index is 13.0. The number of likely N-dealkylation sites (tertiary alicyclic amines) is 1. The third-order valence-corrected chi connectivity index (χ3v) is 7.49. The molecule has 2 aromatic carbocycles. The number of nitrogens with zero attached hydrogens (tertiary/aromatic N) is 1. The van der Waals surface area contributed by atoms with Gasteiger partial charge in [0.15, 0.2) is 0 Å². The van der Waals surface area contributed by atoms with E-state index in [9.17, 15) is 9.59 Å². The lowest BCUT2D eigenvalue weighted by atomic mass is 9.55. The van der Waals surface area contributed by atoms with Gasteiger partial charge in [0, 0.05) is 44.1 Å². The molecule has 1 amide bonds. The van der Waals surface area contributed by atoms with Gasteiger partial charge in [0.25, 0.3) is 5.91 Å². The van der Waals surface area contributed by atoms with Gasteiger partial charge in [-0.2, -0.15) is 0 Å². The lowest BCUT2D eigenvalue weighted by molar-refractivity contribution is -0.146. The summed E-state index contributed by atoms with van der Waals surface area (Å²) in [5, 5.41) is 3.28. The zero-order chi connectivity index (χ0) is 24.2. The third-order valence-electron chi connectivity index (χ3n) is 7.49. The zero-order valence-corrected chi connectivity index (χ0v) is 20.1. The molecule has 2 aliphatic rings. The monoisotopic (exact) mass is 462 g/mol. The second-order valence-corrected chi connectivity index (χ2v) is 9.45. The normalized spacial score (nSPS) is 26.8. The summed E-state index contributed by atoms with van der Waals surface area (Å²) in [7, 11) is 1.80. The molecule has 1 aliphatic carbocycles. The average molecular weight is 463 g/mol. The van der Waals surface area contributed by atoms with Crippen LogP contribution in [-0.2, 0) is 14.9 Å². The number of hydrogen-bond donors (Lipinski definition) is 1. The van der Waals surface area contributed by atoms with Gasteiger partial charge in [-0.1, -0.05) is 36.4 Å². The second kappa shape index (κ2) is 10.1. The Labute approximate surface area is 201 Å². The molecule has 3 atom stereocenters. The van der Waals surface area contributed by atoms with Crippen molar-refractivity contribution in [1.29, 1.82) is 0 Å². The quantitative estimate of drug-likeness (QED) is 0.381. The van der Waals surface area contributed by atoms with E-state index in [1.54, 1.807) is 13.2 Å². The van der Waals surface area contributed by atoms with E-state index < -0.39 is 5.60 Å². The van der Waals surface area contributed by atoms with Crippen molar-refractivity contribution < 1.29 is 19.1 Å². The lowest BCUT2D eigenvalue weighted by Crippen LogP contribution is -2.67. The molecule has 1 saturated heterocycles. The molecule has 0 aromatic heterocycles. The van der Waals surface area contributed by atoms with Crippen molar-refractivity contribution in [3.8, 4) is 5.75 Å². The highest BCUT2D eigenvalue weighted by Gasteiger charge is 2.58. The number of benzene rings is 2. The highest BCUT2D eigenvalue weighted by Crippen LogP contribution is 2.53. The van der Waals surface area contributed by atoms with E-state index in [-0.39, 0.29) is 23.3 Å². The Hall–Kier alpha value is -2.96. The Bertz CT molecular complexity index is 1040. The van der Waals surface area contributed by atoms with Gasteiger partial charge in [-0.05, 0) is 62.1 Å². The van der Waals surface area contributed by atoms with Crippen molar-refractivity contribution in [3.63, 3.8) is 0 Å². The molecule has 1 N–H and O–H groups in total. The standard InChI is InChI=1S/C28H34N2O4/c1-4-16-30-17-15-27(23-11-8-12-25(18-23)34-21(2)31)19-24(13-14-28(27,20-30)33-3)29-26(32)22-9-6-5-7-10-22/h4-12,18,24H,1,13-17,19-20H2,2-3H3,(H,29,32)/t24-,27?,28?/m1/s1. The lowest BCUT2D eigenvalue weighted by Gasteiger charge is -2.59. The van der Waals surface area contributed by atoms with Gasteiger partial charge >= 0.3 is 5.97 Å². The molecule has 1 saturated carbocycles. The van der Waals surface area contributed by atoms with E-state index in [1.165, 1.54) is 6.92 Å². The van der Waals surface area contributed by atoms with Crippen molar-refractivity contribution in [2.75, 3.05) is 26.7 Å². The number of ether oxygens (including phenoxy) is 2. The Morgan fingerprint density at radius 1 is 1.18 bits per heavy atom. The fourth-order valence-electron chi connectivity index (χ4n) is 5.94. The van der Waals surface area contributed by atoms with Crippen molar-refractivity contribution in [2.45, 2.75) is 49.7 Å². The maximum Gasteiger partial charge on any atom is 0.308 e. The second-order valence-electron chi connectivity index (χ2n) is 9.45. The number of carbonyl (C=O) groups excluding carboxylic acids is 2. The Morgan fingerprint density at radius 2 is 1.97 bits per heavy atom. The Morgan fingerprint density at radius 3 is 2.68 bits per heavy atom. The van der Waals surface area contributed by atoms with Crippen LogP contribution in [0.4, 0.5) is 0 Å². The highest BCUT2D eigenvalue weighted by atomic mass is 16.5. The smallest absolute Gasteiger partial charge is 0.308 e. The van der Waals surface area contributed by atoms with Crippen LogP contribution in [0.1, 0.15) is 48.5 Å². The maximum atomic E-state index is 13.0. The molecule has 180 valence electrons. The van der Waals surface area contributed by atoms with Gasteiger partial charge < -0.3 is 14.8 Å². The summed E-state index contributed by atoms with van der Waals surface area (Å²) in [5.74, 6) is 0.141. The number of hydrogen-bond acceptors (Lipinski definition) is 5. The number of methoxy groups -OCH3 is 1. The first-order valence-corrected chi connectivity index (χ1v) is 11.9. The van der Waals surface area contributed by atoms with Gasteiger partial charge in [0.1, 0.15) is 5.75 Å². The summed E-state index contributed by atoms with van der Waals surface area (Å²) < 4.78 is 11.8. The average Bonchev–Trinajstić information content (AvgIpc) is 2.84. The third kappa shape index (κ3) is 4.65. The van der Waals surface area contributed by atoms with Crippen LogP contribution in [0.25, 0.3) is 0 Å². The fraction of sp³-hybridized carbons (Fsp3) is 0.429. The zero-order valence-electron chi connectivity index (χ0n) is 20.1. The fourth-order valence-corrected chi connectivity index (χ4v) is 5.94. The van der Waals surface area contributed by atoms with Crippen LogP contribution in [0, 0.1) is 0 Å². The van der Waals surface area contributed by atoms with Crippen LogP contribution in [0.5, 0.6) is 5.75 Å². The van der Waals surface area contributed by atoms with Crippen molar-refractivity contribution >= 4 is 11.9 Å². The van der Waals surface area contributed by atoms with E-state index in [1.807, 2.05) is 48.5 Å². The molecule has 0 radical (unpaired) electrons. The summed E-state index contributed by atoms with van der Waals surface area (Å²) in [6.45, 7) is 7.82. The summed E-state index contributed by atoms with van der Waals surface area (Å²) in [6.07, 6.45) is 5.21. The first-order valence-electron chi connectivity index (χ1n) is 11.9. The van der Waals surface area contributed by atoms with Gasteiger partial charge in [-0.15, -0.1) is 6.58 Å². The van der Waals surface area contributed by atoms with E-state index in [4.69, 9.17) is 9.47 Å². The van der Waals surface area contributed by atoms with Crippen molar-refractivity contribution in [2.24, 2.45) is 0 Å². The van der Waals surface area contributed by atoms with E-state index >= 15 is 0 Å². The SMILES string of the molecule is C=CCN1CCC2(c3cccc(OC(C)=O)c3)C[C@H](NC(=O)c3ccccc3)CCC2(OC)C1. The summed E-state index contributed by atoms with van der Waals surface area (Å²) >= 11 is 0. The predicted octanol–water partition coefficient (Wildman–Crippen LogP) is 4.11. The van der Waals surface area contributed by atoms with Gasteiger partial charge in [0.2, 0.25) is 0 Å². The number of fused-ring (bicyclic) bond motifs is 1. The molecule has 0 spiro atoms. The molecule has 1 heterocycles. The molecule has 2 aromatic rings. The largest absolute Gasteiger partial charge is 0.427 e. The molecule has 2 unspecified atom stereocenters. The first-order chi connectivity index (χ1) is 16.4. The topological polar surface area (TPSA) is 67.9 Å².